The van der Waals surface area contributed by atoms with Gasteiger partial charge in [0, 0.05) is 11.6 Å². The van der Waals surface area contributed by atoms with Crippen LogP contribution in [0.4, 0.5) is 13.2 Å². The fraction of sp³-hybridized carbons (Fsp3) is 0.111. The summed E-state index contributed by atoms with van der Waals surface area (Å²) < 4.78 is 40.3. The normalized spacial score (nSPS) is 16.7. The Labute approximate surface area is 151 Å². The molecule has 0 saturated heterocycles. The molecule has 1 atom stereocenters. The first-order valence-corrected chi connectivity index (χ1v) is 7.77. The van der Waals surface area contributed by atoms with E-state index in [1.807, 2.05) is 0 Å². The van der Waals surface area contributed by atoms with Gasteiger partial charge in [0.1, 0.15) is 0 Å². The molecule has 0 aromatic heterocycles. The van der Waals surface area contributed by atoms with Gasteiger partial charge in [0.25, 0.3) is 0 Å². The number of hydrogen-bond donors (Lipinski definition) is 1. The topological polar surface area (TPSA) is 55.8 Å². The summed E-state index contributed by atoms with van der Waals surface area (Å²) in [4.78, 5) is 20.6. The van der Waals surface area contributed by atoms with Gasteiger partial charge < -0.3 is 5.11 Å². The molecule has 2 aromatic carbocycles. The second kappa shape index (κ2) is 6.80. The van der Waals surface area contributed by atoms with Crippen LogP contribution in [0.2, 0.25) is 0 Å². The molecule has 1 aliphatic heterocycles. The molecule has 4 nitrogen and oxygen atoms in total. The van der Waals surface area contributed by atoms with Gasteiger partial charge in [0.05, 0.1) is 11.5 Å². The Morgan fingerprint density at radius 2 is 1.88 bits per heavy atom. The zero-order valence-electron chi connectivity index (χ0n) is 13.0. The van der Waals surface area contributed by atoms with E-state index < -0.39 is 23.6 Å². The van der Waals surface area contributed by atoms with Gasteiger partial charge in [-0.2, -0.15) is 13.2 Å². The van der Waals surface area contributed by atoms with Gasteiger partial charge >= 0.3 is 12.1 Å². The Bertz CT molecular complexity index is 906. The Morgan fingerprint density at radius 3 is 2.58 bits per heavy atom. The van der Waals surface area contributed by atoms with Crippen LogP contribution in [0.5, 0.6) is 5.75 Å². The van der Waals surface area contributed by atoms with Gasteiger partial charge in [-0.25, -0.2) is 4.79 Å². The van der Waals surface area contributed by atoms with E-state index >= 15 is 0 Å². The van der Waals surface area contributed by atoms with Crippen LogP contribution < -0.4 is 4.89 Å². The zero-order valence-corrected chi connectivity index (χ0v) is 13.8. The third-order valence-electron chi connectivity index (χ3n) is 3.80. The number of halogens is 3. The van der Waals surface area contributed by atoms with Crippen molar-refractivity contribution < 1.29 is 32.8 Å². The molecule has 134 valence electrons. The van der Waals surface area contributed by atoms with Crippen LogP contribution in [0.3, 0.4) is 0 Å². The van der Waals surface area contributed by atoms with Crippen LogP contribution in [0, 0.1) is 0 Å². The Balaban J connectivity index is 2.12. The van der Waals surface area contributed by atoms with Crippen molar-refractivity contribution in [2.45, 2.75) is 12.1 Å². The monoisotopic (exact) mass is 380 g/mol. The fourth-order valence-corrected chi connectivity index (χ4v) is 2.97. The minimum absolute atomic E-state index is 0.00866. The van der Waals surface area contributed by atoms with Crippen LogP contribution in [0.1, 0.15) is 28.2 Å². The van der Waals surface area contributed by atoms with E-state index in [9.17, 15) is 18.0 Å². The van der Waals surface area contributed by atoms with E-state index in [-0.39, 0.29) is 16.2 Å². The maximum Gasteiger partial charge on any atom is 0.416 e. The maximum atomic E-state index is 13.4. The third kappa shape index (κ3) is 3.55. The predicted octanol–water partition coefficient (Wildman–Crippen LogP) is 4.59. The minimum atomic E-state index is -4.67. The molecule has 0 bridgehead atoms. The van der Waals surface area contributed by atoms with Crippen molar-refractivity contribution >= 4 is 29.3 Å². The summed E-state index contributed by atoms with van der Waals surface area (Å²) in [6.45, 7) is 0. The van der Waals surface area contributed by atoms with Gasteiger partial charge in [0.2, 0.25) is 5.05 Å². The summed E-state index contributed by atoms with van der Waals surface area (Å²) in [5.41, 5.74) is -0.355. The van der Waals surface area contributed by atoms with Gasteiger partial charge in [-0.05, 0) is 41.6 Å². The fourth-order valence-electron chi connectivity index (χ4n) is 2.68. The molecule has 0 saturated carbocycles. The molecule has 1 N–H and O–H groups in total. The first-order valence-electron chi connectivity index (χ1n) is 7.37. The SMILES string of the molecule is O=C(O)C=Cc1ccc(C2C(=S)OOc3ccccc32)cc1C(F)(F)F. The lowest BCUT2D eigenvalue weighted by atomic mass is 9.88. The summed E-state index contributed by atoms with van der Waals surface area (Å²) in [5, 5.41) is 8.65. The minimum Gasteiger partial charge on any atom is -0.478 e. The smallest absolute Gasteiger partial charge is 0.416 e. The molecule has 8 heteroatoms. The van der Waals surface area contributed by atoms with E-state index in [1.54, 1.807) is 24.3 Å². The molecular formula is C18H11F3O4S. The number of aliphatic carboxylic acids is 1. The van der Waals surface area contributed by atoms with Crippen molar-refractivity contribution in [3.8, 4) is 5.75 Å². The molecule has 0 aliphatic carbocycles. The highest BCUT2D eigenvalue weighted by atomic mass is 32.1. The molecule has 0 amide bonds. The second-order valence-electron chi connectivity index (χ2n) is 5.47. The number of fused-ring (bicyclic) bond motifs is 1. The first kappa shape index (κ1) is 17.9. The molecule has 1 heterocycles. The molecule has 2 aromatic rings. The quantitative estimate of drug-likeness (QED) is 0.480. The number of carboxylic acids is 1. The molecule has 0 radical (unpaired) electrons. The highest BCUT2D eigenvalue weighted by Crippen LogP contribution is 2.40. The van der Waals surface area contributed by atoms with Crippen molar-refractivity contribution in [2.24, 2.45) is 0 Å². The Hall–Kier alpha value is -2.87. The molecule has 0 fully saturated rings. The number of benzene rings is 2. The third-order valence-corrected chi connectivity index (χ3v) is 4.10. The Morgan fingerprint density at radius 1 is 1.15 bits per heavy atom. The Kier molecular flexibility index (Phi) is 4.69. The first-order chi connectivity index (χ1) is 12.3. The largest absolute Gasteiger partial charge is 0.478 e. The van der Waals surface area contributed by atoms with Crippen LogP contribution >= 0.6 is 12.2 Å². The van der Waals surface area contributed by atoms with E-state index in [2.05, 4.69) is 0 Å². The number of hydrogen-bond acceptors (Lipinski definition) is 4. The molecule has 1 aliphatic rings. The molecule has 26 heavy (non-hydrogen) atoms. The summed E-state index contributed by atoms with van der Waals surface area (Å²) in [6.07, 6.45) is -3.11. The van der Waals surface area contributed by atoms with Crippen molar-refractivity contribution in [2.75, 3.05) is 0 Å². The molecule has 1 unspecified atom stereocenters. The van der Waals surface area contributed by atoms with Crippen LogP contribution in [0.25, 0.3) is 6.08 Å². The standard InChI is InChI=1S/C18H11F3O4S/c19-18(20,21)13-9-11(6-5-10(13)7-8-15(22)23)16-12-3-1-2-4-14(12)24-25-17(16)26/h1-9,16H,(H,22,23). The van der Waals surface area contributed by atoms with Gasteiger partial charge in [-0.1, -0.05) is 30.3 Å². The van der Waals surface area contributed by atoms with Crippen molar-refractivity contribution in [3.05, 3.63) is 70.8 Å². The summed E-state index contributed by atoms with van der Waals surface area (Å²) in [5.74, 6) is -1.68. The number of carboxylic acid groups (broad SMARTS) is 1. The summed E-state index contributed by atoms with van der Waals surface area (Å²) >= 11 is 5.12. The summed E-state index contributed by atoms with van der Waals surface area (Å²) in [7, 11) is 0. The second-order valence-corrected chi connectivity index (χ2v) is 5.87. The van der Waals surface area contributed by atoms with Crippen molar-refractivity contribution in [1.82, 2.24) is 0 Å². The molecular weight excluding hydrogens is 369 g/mol. The van der Waals surface area contributed by atoms with Gasteiger partial charge in [-0.3, -0.25) is 9.78 Å². The van der Waals surface area contributed by atoms with Gasteiger partial charge in [0.15, 0.2) is 5.75 Å². The lowest BCUT2D eigenvalue weighted by Gasteiger charge is -2.26. The van der Waals surface area contributed by atoms with Crippen molar-refractivity contribution in [3.63, 3.8) is 0 Å². The number of alkyl halides is 3. The molecule has 0 spiro atoms. The molecule has 3 rings (SSSR count). The highest BCUT2D eigenvalue weighted by Gasteiger charge is 2.36. The van der Waals surface area contributed by atoms with E-state index in [4.69, 9.17) is 27.1 Å². The van der Waals surface area contributed by atoms with Crippen molar-refractivity contribution in [1.29, 1.82) is 0 Å². The number of carbonyl (C=O) groups is 1. The average molecular weight is 380 g/mol. The van der Waals surface area contributed by atoms with Crippen LogP contribution in [-0.2, 0) is 15.9 Å². The zero-order chi connectivity index (χ0) is 18.9. The number of thiocarbonyl (C=S) groups is 1. The maximum absolute atomic E-state index is 13.4. The summed E-state index contributed by atoms with van der Waals surface area (Å²) in [6, 6.07) is 10.4. The highest BCUT2D eigenvalue weighted by molar-refractivity contribution is 7.80. The lowest BCUT2D eigenvalue weighted by molar-refractivity contribution is -0.138. The average Bonchev–Trinajstić information content (AvgIpc) is 2.59. The predicted molar refractivity (Wildman–Crippen MR) is 90.7 cm³/mol. The van der Waals surface area contributed by atoms with Crippen LogP contribution in [0.15, 0.2) is 48.5 Å². The lowest BCUT2D eigenvalue weighted by Crippen LogP contribution is -2.23. The number of para-hydroxylation sites is 1. The van der Waals surface area contributed by atoms with Gasteiger partial charge in [-0.15, -0.1) is 0 Å². The van der Waals surface area contributed by atoms with E-state index in [0.717, 1.165) is 12.1 Å². The number of rotatable bonds is 3. The van der Waals surface area contributed by atoms with E-state index in [0.29, 0.717) is 17.4 Å². The van der Waals surface area contributed by atoms with E-state index in [1.165, 1.54) is 12.1 Å². The van der Waals surface area contributed by atoms with Crippen LogP contribution in [-0.4, -0.2) is 16.1 Å².